The number of hydrogen-bond acceptors (Lipinski definition) is 3. The predicted octanol–water partition coefficient (Wildman–Crippen LogP) is 2.44. The Labute approximate surface area is 130 Å². The third-order valence-corrected chi connectivity index (χ3v) is 3.76. The van der Waals surface area contributed by atoms with Crippen LogP contribution >= 0.6 is 11.6 Å². The van der Waals surface area contributed by atoms with Gasteiger partial charge in [-0.2, -0.15) is 0 Å². The quantitative estimate of drug-likeness (QED) is 0.848. The molecule has 0 aliphatic carbocycles. The van der Waals surface area contributed by atoms with Gasteiger partial charge in [0.05, 0.1) is 18.7 Å². The zero-order valence-corrected chi connectivity index (χ0v) is 13.6. The largest absolute Gasteiger partial charge is 0.394 e. The number of nitrogens with one attached hydrogen (secondary N) is 1. The van der Waals surface area contributed by atoms with E-state index in [0.29, 0.717) is 5.02 Å². The minimum atomic E-state index is -0.274. The number of aliphatic hydroxyl groups is 1. The molecule has 5 nitrogen and oxygen atoms in total. The zero-order chi connectivity index (χ0) is 16.0. The summed E-state index contributed by atoms with van der Waals surface area (Å²) in [5.41, 5.74) is 0.938. The molecule has 2 amide bonds. The number of likely N-dealkylation sites (N-methyl/N-ethyl adjacent to an activating group) is 1. The fraction of sp³-hybridized carbons (Fsp3) is 0.533. The predicted molar refractivity (Wildman–Crippen MR) is 83.5 cm³/mol. The van der Waals surface area contributed by atoms with Gasteiger partial charge in [-0.05, 0) is 31.5 Å². The second-order valence-corrected chi connectivity index (χ2v) is 5.52. The molecule has 0 aromatic heterocycles. The van der Waals surface area contributed by atoms with E-state index < -0.39 is 0 Å². The van der Waals surface area contributed by atoms with Gasteiger partial charge in [0.1, 0.15) is 6.10 Å². The number of nitrogens with zero attached hydrogens (tertiary/aromatic N) is 1. The Bertz CT molecular complexity index is 453. The van der Waals surface area contributed by atoms with Crippen LogP contribution in [0.3, 0.4) is 0 Å². The fourth-order valence-corrected chi connectivity index (χ4v) is 2.10. The Hall–Kier alpha value is -1.30. The van der Waals surface area contributed by atoms with Gasteiger partial charge in [-0.15, -0.1) is 0 Å². The van der Waals surface area contributed by atoms with Gasteiger partial charge >= 0.3 is 6.03 Å². The van der Waals surface area contributed by atoms with E-state index in [9.17, 15) is 4.79 Å². The number of ether oxygens (including phenoxy) is 1. The number of carbonyl (C=O) groups excluding carboxylic acids is 1. The SMILES string of the molecule is COC(c1ccc(Cl)cc1)C(C)NC(=O)N(C)C(C)CO. The van der Waals surface area contributed by atoms with Gasteiger partial charge in [0.15, 0.2) is 0 Å². The van der Waals surface area contributed by atoms with Crippen molar-refractivity contribution in [2.75, 3.05) is 20.8 Å². The molecule has 21 heavy (non-hydrogen) atoms. The van der Waals surface area contributed by atoms with E-state index in [1.807, 2.05) is 19.1 Å². The third-order valence-electron chi connectivity index (χ3n) is 3.50. The molecule has 1 rings (SSSR count). The Morgan fingerprint density at radius 3 is 2.43 bits per heavy atom. The van der Waals surface area contributed by atoms with Crippen LogP contribution < -0.4 is 5.32 Å². The van der Waals surface area contributed by atoms with Gasteiger partial charge < -0.3 is 20.1 Å². The summed E-state index contributed by atoms with van der Waals surface area (Å²) in [6.45, 7) is 3.57. The second kappa shape index (κ2) is 8.22. The van der Waals surface area contributed by atoms with Crippen molar-refractivity contribution in [1.29, 1.82) is 0 Å². The molecule has 0 radical (unpaired) electrons. The molecule has 0 saturated carbocycles. The third kappa shape index (κ3) is 4.88. The summed E-state index contributed by atoms with van der Waals surface area (Å²) >= 11 is 5.87. The van der Waals surface area contributed by atoms with Crippen molar-refractivity contribution in [2.45, 2.75) is 32.0 Å². The first-order chi connectivity index (χ1) is 9.90. The van der Waals surface area contributed by atoms with Gasteiger partial charge in [-0.3, -0.25) is 0 Å². The molecule has 0 aliphatic heterocycles. The molecule has 3 unspecified atom stereocenters. The number of halogens is 1. The summed E-state index contributed by atoms with van der Waals surface area (Å²) in [5, 5.41) is 12.6. The van der Waals surface area contributed by atoms with Crippen LogP contribution in [-0.2, 0) is 4.74 Å². The van der Waals surface area contributed by atoms with Gasteiger partial charge in [0.2, 0.25) is 0 Å². The lowest BCUT2D eigenvalue weighted by Crippen LogP contribution is -2.48. The highest BCUT2D eigenvalue weighted by Gasteiger charge is 2.23. The first-order valence-electron chi connectivity index (χ1n) is 6.83. The highest BCUT2D eigenvalue weighted by molar-refractivity contribution is 6.30. The Morgan fingerprint density at radius 2 is 1.95 bits per heavy atom. The maximum absolute atomic E-state index is 12.1. The summed E-state index contributed by atoms with van der Waals surface area (Å²) < 4.78 is 5.48. The molecule has 0 saturated heterocycles. The molecule has 0 spiro atoms. The second-order valence-electron chi connectivity index (χ2n) is 5.09. The average molecular weight is 315 g/mol. The van der Waals surface area contributed by atoms with Crippen molar-refractivity contribution < 1.29 is 14.6 Å². The molecular formula is C15H23ClN2O3. The lowest BCUT2D eigenvalue weighted by atomic mass is 10.0. The number of carbonyl (C=O) groups is 1. The van der Waals surface area contributed by atoms with Crippen molar-refractivity contribution in [1.82, 2.24) is 10.2 Å². The summed E-state index contributed by atoms with van der Waals surface area (Å²) in [4.78, 5) is 13.6. The molecule has 0 bridgehead atoms. The van der Waals surface area contributed by atoms with E-state index in [-0.39, 0.29) is 30.8 Å². The van der Waals surface area contributed by atoms with Crippen molar-refractivity contribution in [3.63, 3.8) is 0 Å². The molecule has 0 fully saturated rings. The van der Waals surface area contributed by atoms with Crippen LogP contribution in [-0.4, -0.2) is 48.9 Å². The smallest absolute Gasteiger partial charge is 0.317 e. The molecule has 2 N–H and O–H groups in total. The Kier molecular flexibility index (Phi) is 6.95. The van der Waals surface area contributed by atoms with Crippen molar-refractivity contribution in [3.8, 4) is 0 Å². The molecule has 6 heteroatoms. The summed E-state index contributed by atoms with van der Waals surface area (Å²) in [6, 6.07) is 6.61. The fourth-order valence-electron chi connectivity index (χ4n) is 1.98. The zero-order valence-electron chi connectivity index (χ0n) is 12.8. The van der Waals surface area contributed by atoms with E-state index in [1.165, 1.54) is 4.90 Å². The number of rotatable bonds is 6. The molecule has 1 aromatic rings. The summed E-state index contributed by atoms with van der Waals surface area (Å²) in [5.74, 6) is 0. The van der Waals surface area contributed by atoms with Crippen LogP contribution in [0.1, 0.15) is 25.5 Å². The molecule has 1 aromatic carbocycles. The van der Waals surface area contributed by atoms with E-state index in [4.69, 9.17) is 21.4 Å². The monoisotopic (exact) mass is 314 g/mol. The number of aliphatic hydroxyl groups excluding tert-OH is 1. The minimum Gasteiger partial charge on any atom is -0.394 e. The van der Waals surface area contributed by atoms with E-state index in [2.05, 4.69) is 5.32 Å². The van der Waals surface area contributed by atoms with Crippen LogP contribution in [0.5, 0.6) is 0 Å². The van der Waals surface area contributed by atoms with Crippen LogP contribution in [0.2, 0.25) is 5.02 Å². The molecule has 0 aliphatic rings. The number of methoxy groups -OCH3 is 1. The lowest BCUT2D eigenvalue weighted by molar-refractivity contribution is 0.0722. The highest BCUT2D eigenvalue weighted by atomic mass is 35.5. The maximum Gasteiger partial charge on any atom is 0.317 e. The number of benzene rings is 1. The maximum atomic E-state index is 12.1. The molecule has 118 valence electrons. The number of hydrogen-bond donors (Lipinski definition) is 2. The average Bonchev–Trinajstić information content (AvgIpc) is 2.48. The standard InChI is InChI=1S/C15H23ClN2O3/c1-10(9-19)18(3)15(20)17-11(2)14(21-4)12-5-7-13(16)8-6-12/h5-8,10-11,14,19H,9H2,1-4H3,(H,17,20). The van der Waals surface area contributed by atoms with E-state index in [0.717, 1.165) is 5.56 Å². The van der Waals surface area contributed by atoms with Gasteiger partial charge in [0.25, 0.3) is 0 Å². The van der Waals surface area contributed by atoms with Crippen LogP contribution in [0.15, 0.2) is 24.3 Å². The number of amides is 2. The molecular weight excluding hydrogens is 292 g/mol. The molecule has 3 atom stereocenters. The van der Waals surface area contributed by atoms with E-state index in [1.54, 1.807) is 33.2 Å². The van der Waals surface area contributed by atoms with Crippen LogP contribution in [0, 0.1) is 0 Å². The molecule has 0 heterocycles. The van der Waals surface area contributed by atoms with E-state index >= 15 is 0 Å². The highest BCUT2D eigenvalue weighted by Crippen LogP contribution is 2.22. The van der Waals surface area contributed by atoms with Crippen molar-refractivity contribution >= 4 is 17.6 Å². The van der Waals surface area contributed by atoms with Gasteiger partial charge in [0, 0.05) is 19.2 Å². The van der Waals surface area contributed by atoms with Crippen molar-refractivity contribution in [2.24, 2.45) is 0 Å². The van der Waals surface area contributed by atoms with Crippen LogP contribution in [0.25, 0.3) is 0 Å². The topological polar surface area (TPSA) is 61.8 Å². The summed E-state index contributed by atoms with van der Waals surface area (Å²) in [7, 11) is 3.25. The minimum absolute atomic E-state index is 0.0802. The Morgan fingerprint density at radius 1 is 1.38 bits per heavy atom. The Balaban J connectivity index is 2.73. The van der Waals surface area contributed by atoms with Crippen molar-refractivity contribution in [3.05, 3.63) is 34.9 Å². The van der Waals surface area contributed by atoms with Gasteiger partial charge in [-0.25, -0.2) is 4.79 Å². The normalized spacial score (nSPS) is 15.1. The first kappa shape index (κ1) is 17.8. The lowest BCUT2D eigenvalue weighted by Gasteiger charge is -2.29. The van der Waals surface area contributed by atoms with Gasteiger partial charge in [-0.1, -0.05) is 23.7 Å². The van der Waals surface area contributed by atoms with Crippen LogP contribution in [0.4, 0.5) is 4.79 Å². The summed E-state index contributed by atoms with van der Waals surface area (Å²) in [6.07, 6.45) is -0.274. The first-order valence-corrected chi connectivity index (χ1v) is 7.21. The number of urea groups is 1.